The summed E-state index contributed by atoms with van der Waals surface area (Å²) < 4.78 is 5.41. The zero-order valence-corrected chi connectivity index (χ0v) is 8.33. The summed E-state index contributed by atoms with van der Waals surface area (Å²) >= 11 is 0. The Hall–Kier alpha value is -2.11. The average molecular weight is 221 g/mol. The number of hydrogen-bond acceptors (Lipinski definition) is 5. The number of aliphatic carboxylic acids is 1. The molecule has 6 heteroatoms. The largest absolute Gasteiger partial charge is 0.550 e. The molecule has 6 nitrogen and oxygen atoms in total. The first-order valence-corrected chi connectivity index (χ1v) is 4.77. The Morgan fingerprint density at radius 3 is 3.00 bits per heavy atom. The minimum atomic E-state index is -1.21. The molecule has 0 radical (unpaired) electrons. The first kappa shape index (κ1) is 10.4. The van der Waals surface area contributed by atoms with Gasteiger partial charge in [-0.2, -0.15) is 0 Å². The number of benzene rings is 1. The number of carbonyl (C=O) groups is 1. The molecular weight excluding hydrogens is 212 g/mol. The van der Waals surface area contributed by atoms with Crippen LogP contribution in [0, 0.1) is 4.91 Å². The second kappa shape index (κ2) is 4.18. The fourth-order valence-corrected chi connectivity index (χ4v) is 1.65. The minimum absolute atomic E-state index is 0.120. The van der Waals surface area contributed by atoms with Gasteiger partial charge in [-0.15, -0.1) is 4.91 Å². The second-order valence-electron chi connectivity index (χ2n) is 3.45. The Balaban J connectivity index is 2.24. The summed E-state index contributed by atoms with van der Waals surface area (Å²) in [6, 6.07) is 6.84. The molecule has 0 spiro atoms. The summed E-state index contributed by atoms with van der Waals surface area (Å²) in [6.07, 6.45) is -0.877. The number of fused-ring (bicyclic) bond motifs is 1. The summed E-state index contributed by atoms with van der Waals surface area (Å²) in [4.78, 5) is 21.1. The van der Waals surface area contributed by atoms with Gasteiger partial charge in [0.2, 0.25) is 0 Å². The third kappa shape index (κ3) is 1.95. The fourth-order valence-electron chi connectivity index (χ4n) is 1.65. The van der Waals surface area contributed by atoms with E-state index in [0.29, 0.717) is 11.4 Å². The van der Waals surface area contributed by atoms with Crippen molar-refractivity contribution >= 4 is 11.7 Å². The predicted molar refractivity (Wildman–Crippen MR) is 53.6 cm³/mol. The van der Waals surface area contributed by atoms with Gasteiger partial charge in [0.1, 0.15) is 17.5 Å². The smallest absolute Gasteiger partial charge is 0.145 e. The van der Waals surface area contributed by atoms with E-state index < -0.39 is 12.1 Å². The van der Waals surface area contributed by atoms with E-state index in [4.69, 9.17) is 4.74 Å². The zero-order chi connectivity index (χ0) is 11.5. The number of carboxylic acids is 1. The third-order valence-electron chi connectivity index (χ3n) is 2.31. The second-order valence-corrected chi connectivity index (χ2v) is 3.45. The van der Waals surface area contributed by atoms with Crippen molar-refractivity contribution < 1.29 is 14.6 Å². The molecule has 0 aliphatic carbocycles. The van der Waals surface area contributed by atoms with Gasteiger partial charge >= 0.3 is 0 Å². The van der Waals surface area contributed by atoms with Crippen LogP contribution in [0.3, 0.4) is 0 Å². The van der Waals surface area contributed by atoms with Crippen molar-refractivity contribution in [2.45, 2.75) is 12.5 Å². The van der Waals surface area contributed by atoms with Crippen LogP contribution in [0.5, 0.6) is 5.75 Å². The van der Waals surface area contributed by atoms with Crippen molar-refractivity contribution in [2.75, 3.05) is 11.6 Å². The van der Waals surface area contributed by atoms with Crippen molar-refractivity contribution in [2.24, 2.45) is 5.29 Å². The molecule has 1 heterocycles. The zero-order valence-electron chi connectivity index (χ0n) is 8.33. The molecule has 0 fully saturated rings. The molecule has 1 aliphatic heterocycles. The molecular formula is C10H9N2O4-. The number of rotatable bonds is 3. The van der Waals surface area contributed by atoms with E-state index in [9.17, 15) is 14.8 Å². The SMILES string of the molecule is O=NN1CC(CC(=O)[O-])Oc2ccccc21. The van der Waals surface area contributed by atoms with Crippen LogP contribution in [-0.2, 0) is 4.79 Å². The maximum Gasteiger partial charge on any atom is 0.145 e. The van der Waals surface area contributed by atoms with Crippen LogP contribution in [0.25, 0.3) is 0 Å². The van der Waals surface area contributed by atoms with Gasteiger partial charge in [-0.1, -0.05) is 12.1 Å². The summed E-state index contributed by atoms with van der Waals surface area (Å²) in [5.41, 5.74) is 0.548. The number of anilines is 1. The standard InChI is InChI=1S/C10H10N2O4/c13-10(14)5-7-6-12(11-15)8-3-1-2-4-9(8)16-7/h1-4,7H,5-6H2,(H,13,14)/p-1. The van der Waals surface area contributed by atoms with E-state index in [0.717, 1.165) is 0 Å². The van der Waals surface area contributed by atoms with Crippen LogP contribution >= 0.6 is 0 Å². The highest BCUT2D eigenvalue weighted by Gasteiger charge is 2.26. The van der Waals surface area contributed by atoms with E-state index in [-0.39, 0.29) is 13.0 Å². The van der Waals surface area contributed by atoms with Gasteiger partial charge in [0.25, 0.3) is 0 Å². The van der Waals surface area contributed by atoms with E-state index in [1.807, 2.05) is 0 Å². The summed E-state index contributed by atoms with van der Waals surface area (Å²) in [7, 11) is 0. The molecule has 0 N–H and O–H groups in total. The highest BCUT2D eigenvalue weighted by molar-refractivity contribution is 5.66. The fraction of sp³-hybridized carbons (Fsp3) is 0.300. The van der Waals surface area contributed by atoms with Gasteiger partial charge < -0.3 is 14.6 Å². The van der Waals surface area contributed by atoms with Gasteiger partial charge in [-0.05, 0) is 12.1 Å². The van der Waals surface area contributed by atoms with Crippen molar-refractivity contribution in [1.82, 2.24) is 0 Å². The monoisotopic (exact) mass is 221 g/mol. The Kier molecular flexibility index (Phi) is 2.72. The quantitative estimate of drug-likeness (QED) is 0.675. The molecule has 2 rings (SSSR count). The molecule has 0 saturated heterocycles. The number of carboxylic acid groups (broad SMARTS) is 1. The molecule has 84 valence electrons. The van der Waals surface area contributed by atoms with Gasteiger partial charge in [0, 0.05) is 12.4 Å². The maximum absolute atomic E-state index is 10.6. The summed E-state index contributed by atoms with van der Waals surface area (Å²) in [5, 5.41) is 14.5. The first-order valence-electron chi connectivity index (χ1n) is 4.77. The molecule has 0 amide bonds. The topological polar surface area (TPSA) is 82.0 Å². The van der Waals surface area contributed by atoms with Crippen molar-refractivity contribution in [1.29, 1.82) is 0 Å². The number of nitroso groups, excluding NO2 is 1. The van der Waals surface area contributed by atoms with Gasteiger partial charge in [-0.3, -0.25) is 0 Å². The van der Waals surface area contributed by atoms with Crippen LogP contribution in [0.15, 0.2) is 29.6 Å². The minimum Gasteiger partial charge on any atom is -0.550 e. The average Bonchev–Trinajstić information content (AvgIpc) is 2.27. The van der Waals surface area contributed by atoms with Crippen LogP contribution in [0.4, 0.5) is 5.69 Å². The van der Waals surface area contributed by atoms with Crippen molar-refractivity contribution in [3.05, 3.63) is 29.2 Å². The lowest BCUT2D eigenvalue weighted by atomic mass is 10.2. The lowest BCUT2D eigenvalue weighted by Crippen LogP contribution is -2.40. The van der Waals surface area contributed by atoms with E-state index >= 15 is 0 Å². The van der Waals surface area contributed by atoms with E-state index in [1.165, 1.54) is 5.01 Å². The molecule has 1 aromatic carbocycles. The van der Waals surface area contributed by atoms with Crippen molar-refractivity contribution in [3.8, 4) is 5.75 Å². The Morgan fingerprint density at radius 2 is 2.31 bits per heavy atom. The van der Waals surface area contributed by atoms with Gasteiger partial charge in [0.05, 0.1) is 11.8 Å². The number of para-hydroxylation sites is 2. The normalized spacial score (nSPS) is 18.5. The highest BCUT2D eigenvalue weighted by atomic mass is 16.5. The lowest BCUT2D eigenvalue weighted by Gasteiger charge is -2.31. The first-order chi connectivity index (χ1) is 7.70. The molecule has 1 atom stereocenters. The van der Waals surface area contributed by atoms with E-state index in [2.05, 4.69) is 5.29 Å². The number of hydrogen-bond donors (Lipinski definition) is 0. The van der Waals surface area contributed by atoms with Gasteiger partial charge in [0.15, 0.2) is 0 Å². The molecule has 0 aromatic heterocycles. The molecule has 1 aromatic rings. The number of ether oxygens (including phenoxy) is 1. The highest BCUT2D eigenvalue weighted by Crippen LogP contribution is 2.33. The Labute approximate surface area is 91.4 Å². The van der Waals surface area contributed by atoms with Crippen LogP contribution < -0.4 is 14.9 Å². The Bertz CT molecular complexity index is 421. The third-order valence-corrected chi connectivity index (χ3v) is 2.31. The summed E-state index contributed by atoms with van der Waals surface area (Å²) in [6.45, 7) is 0.120. The maximum atomic E-state index is 10.6. The van der Waals surface area contributed by atoms with Crippen LogP contribution in [-0.4, -0.2) is 18.6 Å². The molecule has 1 aliphatic rings. The predicted octanol–water partition coefficient (Wildman–Crippen LogP) is 0.0754. The van der Waals surface area contributed by atoms with Gasteiger partial charge in [-0.25, -0.2) is 5.01 Å². The molecule has 1 unspecified atom stereocenters. The number of nitrogens with zero attached hydrogens (tertiary/aromatic N) is 2. The lowest BCUT2D eigenvalue weighted by molar-refractivity contribution is -0.307. The molecule has 0 saturated carbocycles. The molecule has 0 bridgehead atoms. The summed E-state index contributed by atoms with van der Waals surface area (Å²) in [5.74, 6) is -0.755. The Morgan fingerprint density at radius 1 is 1.56 bits per heavy atom. The van der Waals surface area contributed by atoms with Crippen LogP contribution in [0.1, 0.15) is 6.42 Å². The van der Waals surface area contributed by atoms with E-state index in [1.54, 1.807) is 24.3 Å². The van der Waals surface area contributed by atoms with Crippen LogP contribution in [0.2, 0.25) is 0 Å². The van der Waals surface area contributed by atoms with Crippen molar-refractivity contribution in [3.63, 3.8) is 0 Å². The molecule has 16 heavy (non-hydrogen) atoms. The number of carbonyl (C=O) groups excluding carboxylic acids is 1.